The Balaban J connectivity index is 1.73. The van der Waals surface area contributed by atoms with Crippen molar-refractivity contribution in [3.8, 4) is 0 Å². The van der Waals surface area contributed by atoms with Gasteiger partial charge in [0.1, 0.15) is 0 Å². The van der Waals surface area contributed by atoms with Gasteiger partial charge in [-0.25, -0.2) is 5.10 Å². The molecule has 0 bridgehead atoms. The molecule has 3 rings (SSSR count). The van der Waals surface area contributed by atoms with Crippen molar-refractivity contribution in [3.05, 3.63) is 34.7 Å². The van der Waals surface area contributed by atoms with E-state index in [2.05, 4.69) is 15.5 Å². The highest BCUT2D eigenvalue weighted by molar-refractivity contribution is 5.86. The Kier molecular flexibility index (Phi) is 3.37. The number of H-pyrrole nitrogens is 1. The Morgan fingerprint density at radius 3 is 2.95 bits per heavy atom. The second-order valence-corrected chi connectivity index (χ2v) is 4.94. The van der Waals surface area contributed by atoms with E-state index in [0.29, 0.717) is 5.39 Å². The van der Waals surface area contributed by atoms with Crippen molar-refractivity contribution < 1.29 is 4.79 Å². The molecule has 2 heterocycles. The van der Waals surface area contributed by atoms with Crippen LogP contribution in [0.2, 0.25) is 0 Å². The summed E-state index contributed by atoms with van der Waals surface area (Å²) in [5.74, 6) is 0.103. The van der Waals surface area contributed by atoms with E-state index in [0.717, 1.165) is 37.0 Å². The molecule has 1 aliphatic heterocycles. The average Bonchev–Trinajstić information content (AvgIpc) is 3.00. The van der Waals surface area contributed by atoms with Crippen LogP contribution in [0.15, 0.2) is 29.2 Å². The lowest BCUT2D eigenvalue weighted by molar-refractivity contribution is -0.128. The molecule has 6 heteroatoms. The van der Waals surface area contributed by atoms with Crippen LogP contribution in [-0.2, 0) is 4.79 Å². The van der Waals surface area contributed by atoms with E-state index in [-0.39, 0.29) is 18.0 Å². The molecule has 1 aliphatic rings. The Morgan fingerprint density at radius 1 is 1.35 bits per heavy atom. The van der Waals surface area contributed by atoms with Gasteiger partial charge in [-0.2, -0.15) is 5.10 Å². The number of carbonyl (C=O) groups is 1. The van der Waals surface area contributed by atoms with Crippen molar-refractivity contribution in [1.82, 2.24) is 15.1 Å². The topological polar surface area (TPSA) is 78.1 Å². The number of nitrogens with one attached hydrogen (secondary N) is 2. The highest BCUT2D eigenvalue weighted by Gasteiger charge is 2.17. The Bertz CT molecular complexity index is 689. The maximum atomic E-state index is 11.9. The molecule has 2 aromatic rings. The molecule has 2 N–H and O–H groups in total. The molecule has 1 saturated heterocycles. The van der Waals surface area contributed by atoms with Crippen LogP contribution in [0.5, 0.6) is 0 Å². The fourth-order valence-corrected chi connectivity index (χ4v) is 2.45. The Labute approximate surface area is 115 Å². The number of likely N-dealkylation sites (tertiary alicyclic amines) is 1. The molecule has 1 amide bonds. The SMILES string of the molecule is O=C(CNc1ccc2cn[nH]c(=O)c2c1)N1CCCC1. The molecular weight excluding hydrogens is 256 g/mol. The van der Waals surface area contributed by atoms with Crippen molar-refractivity contribution in [2.75, 3.05) is 25.0 Å². The van der Waals surface area contributed by atoms with E-state index in [1.54, 1.807) is 12.3 Å². The number of aromatic amines is 1. The zero-order chi connectivity index (χ0) is 13.9. The number of hydrogen-bond acceptors (Lipinski definition) is 4. The minimum atomic E-state index is -0.225. The third-order valence-corrected chi connectivity index (χ3v) is 3.57. The monoisotopic (exact) mass is 272 g/mol. The van der Waals surface area contributed by atoms with Crippen molar-refractivity contribution in [1.29, 1.82) is 0 Å². The molecule has 0 atom stereocenters. The first-order valence-corrected chi connectivity index (χ1v) is 6.73. The van der Waals surface area contributed by atoms with E-state index in [9.17, 15) is 9.59 Å². The van der Waals surface area contributed by atoms with Gasteiger partial charge in [0, 0.05) is 24.2 Å². The quantitative estimate of drug-likeness (QED) is 0.872. The van der Waals surface area contributed by atoms with E-state index in [1.165, 1.54) is 0 Å². The van der Waals surface area contributed by atoms with Crippen LogP contribution in [0, 0.1) is 0 Å². The molecule has 0 saturated carbocycles. The number of fused-ring (bicyclic) bond motifs is 1. The highest BCUT2D eigenvalue weighted by atomic mass is 16.2. The predicted octanol–water partition coefficient (Wildman–Crippen LogP) is 0.957. The summed E-state index contributed by atoms with van der Waals surface area (Å²) in [4.78, 5) is 25.5. The van der Waals surface area contributed by atoms with Gasteiger partial charge in [-0.05, 0) is 25.0 Å². The molecule has 0 radical (unpaired) electrons. The fourth-order valence-electron chi connectivity index (χ4n) is 2.45. The van der Waals surface area contributed by atoms with Crippen LogP contribution >= 0.6 is 0 Å². The zero-order valence-corrected chi connectivity index (χ0v) is 11.1. The largest absolute Gasteiger partial charge is 0.376 e. The van der Waals surface area contributed by atoms with Crippen LogP contribution in [-0.4, -0.2) is 40.6 Å². The second kappa shape index (κ2) is 5.32. The van der Waals surface area contributed by atoms with Gasteiger partial charge in [-0.15, -0.1) is 0 Å². The number of rotatable bonds is 3. The molecular formula is C14H16N4O2. The summed E-state index contributed by atoms with van der Waals surface area (Å²) >= 11 is 0. The lowest BCUT2D eigenvalue weighted by Crippen LogP contribution is -2.32. The van der Waals surface area contributed by atoms with Crippen molar-refractivity contribution in [3.63, 3.8) is 0 Å². The fraction of sp³-hybridized carbons (Fsp3) is 0.357. The Morgan fingerprint density at radius 2 is 2.15 bits per heavy atom. The maximum Gasteiger partial charge on any atom is 0.272 e. The third-order valence-electron chi connectivity index (χ3n) is 3.57. The summed E-state index contributed by atoms with van der Waals surface area (Å²) in [6, 6.07) is 5.41. The van der Waals surface area contributed by atoms with E-state index in [4.69, 9.17) is 0 Å². The lowest BCUT2D eigenvalue weighted by Gasteiger charge is -2.16. The van der Waals surface area contributed by atoms with Crippen LogP contribution in [0.25, 0.3) is 10.8 Å². The first-order chi connectivity index (χ1) is 9.74. The molecule has 1 fully saturated rings. The molecule has 6 nitrogen and oxygen atoms in total. The van der Waals surface area contributed by atoms with Gasteiger partial charge in [-0.1, -0.05) is 6.07 Å². The number of nitrogens with zero attached hydrogens (tertiary/aromatic N) is 2. The smallest absolute Gasteiger partial charge is 0.272 e. The summed E-state index contributed by atoms with van der Waals surface area (Å²) in [5, 5.41) is 10.6. The van der Waals surface area contributed by atoms with Crippen LogP contribution in [0.1, 0.15) is 12.8 Å². The molecule has 0 unspecified atom stereocenters. The van der Waals surface area contributed by atoms with Gasteiger partial charge in [0.05, 0.1) is 18.1 Å². The first-order valence-electron chi connectivity index (χ1n) is 6.73. The van der Waals surface area contributed by atoms with Crippen molar-refractivity contribution in [2.45, 2.75) is 12.8 Å². The predicted molar refractivity (Wildman–Crippen MR) is 76.7 cm³/mol. The van der Waals surface area contributed by atoms with Crippen LogP contribution in [0.4, 0.5) is 5.69 Å². The van der Waals surface area contributed by atoms with Gasteiger partial charge in [0.25, 0.3) is 5.56 Å². The van der Waals surface area contributed by atoms with Crippen molar-refractivity contribution in [2.24, 2.45) is 0 Å². The van der Waals surface area contributed by atoms with Gasteiger partial charge in [-0.3, -0.25) is 9.59 Å². The maximum absolute atomic E-state index is 11.9. The van der Waals surface area contributed by atoms with Crippen LogP contribution in [0.3, 0.4) is 0 Å². The van der Waals surface area contributed by atoms with Gasteiger partial charge in [0.15, 0.2) is 0 Å². The molecule has 1 aromatic carbocycles. The first kappa shape index (κ1) is 12.7. The minimum Gasteiger partial charge on any atom is -0.376 e. The number of aromatic nitrogens is 2. The van der Waals surface area contributed by atoms with E-state index in [1.807, 2.05) is 17.0 Å². The summed E-state index contributed by atoms with van der Waals surface area (Å²) in [5.41, 5.74) is 0.541. The second-order valence-electron chi connectivity index (χ2n) is 4.94. The van der Waals surface area contributed by atoms with Gasteiger partial charge < -0.3 is 10.2 Å². The van der Waals surface area contributed by atoms with E-state index >= 15 is 0 Å². The number of carbonyl (C=O) groups excluding carboxylic acids is 1. The number of hydrogen-bond donors (Lipinski definition) is 2. The number of anilines is 1. The van der Waals surface area contributed by atoms with E-state index < -0.39 is 0 Å². The summed E-state index contributed by atoms with van der Waals surface area (Å²) < 4.78 is 0. The molecule has 1 aromatic heterocycles. The summed E-state index contributed by atoms with van der Waals surface area (Å²) in [6.07, 6.45) is 3.78. The normalized spacial score (nSPS) is 14.7. The lowest BCUT2D eigenvalue weighted by atomic mass is 10.2. The van der Waals surface area contributed by atoms with Gasteiger partial charge in [0.2, 0.25) is 5.91 Å². The molecule has 104 valence electrons. The highest BCUT2D eigenvalue weighted by Crippen LogP contribution is 2.15. The Hall–Kier alpha value is -2.37. The molecule has 20 heavy (non-hydrogen) atoms. The minimum absolute atomic E-state index is 0.103. The van der Waals surface area contributed by atoms with Crippen LogP contribution < -0.4 is 10.9 Å². The number of amides is 1. The summed E-state index contributed by atoms with van der Waals surface area (Å²) in [6.45, 7) is 1.96. The number of benzene rings is 1. The summed E-state index contributed by atoms with van der Waals surface area (Å²) in [7, 11) is 0. The zero-order valence-electron chi connectivity index (χ0n) is 11.1. The van der Waals surface area contributed by atoms with Crippen molar-refractivity contribution >= 4 is 22.4 Å². The standard InChI is InChI=1S/C14H16N4O2/c19-13(18-5-1-2-6-18)9-15-11-4-3-10-8-16-17-14(20)12(10)7-11/h3-4,7-8,15H,1-2,5-6,9H2,(H,17,20). The molecule has 0 aliphatic carbocycles. The third kappa shape index (κ3) is 2.49. The molecule has 0 spiro atoms. The van der Waals surface area contributed by atoms with Gasteiger partial charge >= 0.3 is 0 Å². The average molecular weight is 272 g/mol.